The molecule has 0 unspecified atom stereocenters. The first-order valence-electron chi connectivity index (χ1n) is 6.54. The van der Waals surface area contributed by atoms with Crippen LogP contribution in [0.1, 0.15) is 5.82 Å². The molecular weight excluding hydrogens is 285 g/mol. The summed E-state index contributed by atoms with van der Waals surface area (Å²) in [6.45, 7) is 3.92. The zero-order valence-corrected chi connectivity index (χ0v) is 11.1. The van der Waals surface area contributed by atoms with E-state index in [2.05, 4.69) is 20.4 Å². The van der Waals surface area contributed by atoms with Crippen LogP contribution in [-0.4, -0.2) is 41.2 Å². The Morgan fingerprint density at radius 1 is 1.14 bits per heavy atom. The van der Waals surface area contributed by atoms with E-state index in [0.29, 0.717) is 12.4 Å². The minimum atomic E-state index is -1.55. The summed E-state index contributed by atoms with van der Waals surface area (Å²) in [5.41, 5.74) is -0.243. The molecule has 0 radical (unpaired) electrons. The predicted molar refractivity (Wildman–Crippen MR) is 67.8 cm³/mol. The number of halogens is 3. The fraction of sp³-hybridized carbons (Fsp3) is 0.385. The number of piperazine rings is 1. The topological polar surface area (TPSA) is 54.2 Å². The van der Waals surface area contributed by atoms with Crippen molar-refractivity contribution in [3.63, 3.8) is 0 Å². The summed E-state index contributed by atoms with van der Waals surface area (Å²) in [5.74, 6) is -3.90. The maximum atomic E-state index is 13.7. The van der Waals surface area contributed by atoms with Crippen molar-refractivity contribution in [2.75, 3.05) is 26.2 Å². The second-order valence-corrected chi connectivity index (χ2v) is 4.76. The third-order valence-electron chi connectivity index (χ3n) is 3.31. The fourth-order valence-electron chi connectivity index (χ4n) is 2.19. The van der Waals surface area contributed by atoms with Crippen LogP contribution in [0.4, 0.5) is 13.2 Å². The van der Waals surface area contributed by atoms with Crippen LogP contribution >= 0.6 is 0 Å². The number of aromatic nitrogens is 2. The van der Waals surface area contributed by atoms with Crippen LogP contribution in [0.3, 0.4) is 0 Å². The highest BCUT2D eigenvalue weighted by atomic mass is 19.2. The molecule has 1 N–H and O–H groups in total. The number of benzene rings is 1. The molecule has 3 rings (SSSR count). The lowest BCUT2D eigenvalue weighted by Gasteiger charge is -2.25. The van der Waals surface area contributed by atoms with E-state index in [0.717, 1.165) is 38.3 Å². The number of rotatable bonds is 3. The summed E-state index contributed by atoms with van der Waals surface area (Å²) in [5, 5.41) is 6.97. The Morgan fingerprint density at radius 3 is 2.67 bits per heavy atom. The van der Waals surface area contributed by atoms with Gasteiger partial charge >= 0.3 is 0 Å². The van der Waals surface area contributed by atoms with Crippen molar-refractivity contribution in [1.82, 2.24) is 20.4 Å². The lowest BCUT2D eigenvalue weighted by Crippen LogP contribution is -2.43. The normalized spacial score (nSPS) is 16.3. The van der Waals surface area contributed by atoms with Gasteiger partial charge in [0, 0.05) is 26.2 Å². The molecule has 21 heavy (non-hydrogen) atoms. The maximum absolute atomic E-state index is 13.7. The largest absolute Gasteiger partial charge is 0.334 e. The van der Waals surface area contributed by atoms with Gasteiger partial charge in [0.1, 0.15) is 0 Å². The number of hydrogen-bond acceptors (Lipinski definition) is 5. The third kappa shape index (κ3) is 2.91. The molecule has 1 aliphatic heterocycles. The third-order valence-corrected chi connectivity index (χ3v) is 3.31. The minimum absolute atomic E-state index is 0.156. The van der Waals surface area contributed by atoms with Crippen molar-refractivity contribution in [1.29, 1.82) is 0 Å². The average molecular weight is 298 g/mol. The molecule has 112 valence electrons. The van der Waals surface area contributed by atoms with Gasteiger partial charge < -0.3 is 9.84 Å². The van der Waals surface area contributed by atoms with E-state index in [4.69, 9.17) is 4.52 Å². The summed E-state index contributed by atoms with van der Waals surface area (Å²) >= 11 is 0. The Labute approximate surface area is 118 Å². The van der Waals surface area contributed by atoms with Crippen LogP contribution in [0.25, 0.3) is 11.5 Å². The lowest BCUT2D eigenvalue weighted by molar-refractivity contribution is 0.225. The molecule has 0 atom stereocenters. The molecule has 1 aliphatic rings. The van der Waals surface area contributed by atoms with E-state index in [1.165, 1.54) is 0 Å². The molecule has 1 fully saturated rings. The first-order chi connectivity index (χ1) is 10.1. The van der Waals surface area contributed by atoms with Gasteiger partial charge in [-0.1, -0.05) is 5.16 Å². The summed E-state index contributed by atoms with van der Waals surface area (Å²) in [6, 6.07) is 1.91. The SMILES string of the molecule is Fc1ccc(-c2nc(CN3CCNCC3)no2)c(F)c1F. The molecule has 1 saturated heterocycles. The monoisotopic (exact) mass is 298 g/mol. The Balaban J connectivity index is 1.80. The molecule has 0 aliphatic carbocycles. The number of nitrogens with zero attached hydrogens (tertiary/aromatic N) is 3. The first-order valence-corrected chi connectivity index (χ1v) is 6.54. The predicted octanol–water partition coefficient (Wildman–Crippen LogP) is 1.56. The smallest absolute Gasteiger partial charge is 0.261 e. The van der Waals surface area contributed by atoms with E-state index in [9.17, 15) is 13.2 Å². The van der Waals surface area contributed by atoms with Gasteiger partial charge in [-0.25, -0.2) is 13.2 Å². The second kappa shape index (κ2) is 5.82. The van der Waals surface area contributed by atoms with E-state index in [-0.39, 0.29) is 11.5 Å². The summed E-state index contributed by atoms with van der Waals surface area (Å²) < 4.78 is 44.7. The molecule has 2 aromatic rings. The Morgan fingerprint density at radius 2 is 1.90 bits per heavy atom. The van der Waals surface area contributed by atoms with E-state index in [1.807, 2.05) is 0 Å². The van der Waals surface area contributed by atoms with Gasteiger partial charge in [0.2, 0.25) is 0 Å². The molecule has 1 aromatic carbocycles. The zero-order chi connectivity index (χ0) is 14.8. The van der Waals surface area contributed by atoms with Gasteiger partial charge in [-0.2, -0.15) is 4.98 Å². The van der Waals surface area contributed by atoms with Crippen LogP contribution in [0.5, 0.6) is 0 Å². The molecule has 0 saturated carbocycles. The number of hydrogen-bond donors (Lipinski definition) is 1. The summed E-state index contributed by atoms with van der Waals surface area (Å²) in [4.78, 5) is 6.16. The molecule has 8 heteroatoms. The summed E-state index contributed by atoms with van der Waals surface area (Å²) in [6.07, 6.45) is 0. The van der Waals surface area contributed by atoms with Gasteiger partial charge in [0.25, 0.3) is 5.89 Å². The van der Waals surface area contributed by atoms with Crippen molar-refractivity contribution in [3.05, 3.63) is 35.4 Å². The minimum Gasteiger partial charge on any atom is -0.334 e. The molecule has 5 nitrogen and oxygen atoms in total. The first kappa shape index (κ1) is 14.0. The molecule has 1 aromatic heterocycles. The van der Waals surface area contributed by atoms with Crippen LogP contribution in [0, 0.1) is 17.5 Å². The van der Waals surface area contributed by atoms with Crippen molar-refractivity contribution >= 4 is 0 Å². The highest BCUT2D eigenvalue weighted by molar-refractivity contribution is 5.53. The van der Waals surface area contributed by atoms with Crippen LogP contribution < -0.4 is 5.32 Å². The Hall–Kier alpha value is -1.93. The Bertz CT molecular complexity index is 640. The van der Waals surface area contributed by atoms with Gasteiger partial charge in [0.05, 0.1) is 12.1 Å². The van der Waals surface area contributed by atoms with E-state index in [1.54, 1.807) is 0 Å². The van der Waals surface area contributed by atoms with Gasteiger partial charge in [-0.05, 0) is 12.1 Å². The molecular formula is C13H13F3N4O. The van der Waals surface area contributed by atoms with Crippen molar-refractivity contribution in [3.8, 4) is 11.5 Å². The highest BCUT2D eigenvalue weighted by Crippen LogP contribution is 2.24. The van der Waals surface area contributed by atoms with Crippen LogP contribution in [-0.2, 0) is 6.54 Å². The van der Waals surface area contributed by atoms with E-state index >= 15 is 0 Å². The molecule has 0 spiro atoms. The maximum Gasteiger partial charge on any atom is 0.261 e. The van der Waals surface area contributed by atoms with Crippen molar-refractivity contribution in [2.24, 2.45) is 0 Å². The Kier molecular flexibility index (Phi) is 3.89. The van der Waals surface area contributed by atoms with Crippen LogP contribution in [0.2, 0.25) is 0 Å². The lowest BCUT2D eigenvalue weighted by atomic mass is 10.2. The average Bonchev–Trinajstić information content (AvgIpc) is 2.94. The molecule has 0 bridgehead atoms. The van der Waals surface area contributed by atoms with Crippen molar-refractivity contribution < 1.29 is 17.7 Å². The van der Waals surface area contributed by atoms with Crippen LogP contribution in [0.15, 0.2) is 16.7 Å². The number of nitrogens with one attached hydrogen (secondary N) is 1. The van der Waals surface area contributed by atoms with E-state index < -0.39 is 17.5 Å². The quantitative estimate of drug-likeness (QED) is 0.872. The van der Waals surface area contributed by atoms with Gasteiger partial charge in [0.15, 0.2) is 23.3 Å². The standard InChI is InChI=1S/C13H13F3N4O/c14-9-2-1-8(11(15)12(9)16)13-18-10(19-21-13)7-20-5-3-17-4-6-20/h1-2,17H,3-7H2. The molecule has 0 amide bonds. The molecule has 2 heterocycles. The second-order valence-electron chi connectivity index (χ2n) is 4.76. The van der Waals surface area contributed by atoms with Crippen molar-refractivity contribution in [2.45, 2.75) is 6.54 Å². The summed E-state index contributed by atoms with van der Waals surface area (Å²) in [7, 11) is 0. The highest BCUT2D eigenvalue weighted by Gasteiger charge is 2.20. The van der Waals surface area contributed by atoms with Gasteiger partial charge in [-0.3, -0.25) is 4.90 Å². The van der Waals surface area contributed by atoms with Gasteiger partial charge in [-0.15, -0.1) is 0 Å². The zero-order valence-electron chi connectivity index (χ0n) is 11.1. The fourth-order valence-corrected chi connectivity index (χ4v) is 2.19.